The first kappa shape index (κ1) is 14.1. The van der Waals surface area contributed by atoms with E-state index in [1.165, 1.54) is 18.2 Å². The first-order valence-electron chi connectivity index (χ1n) is 6.13. The van der Waals surface area contributed by atoms with Gasteiger partial charge in [-0.05, 0) is 43.4 Å². The van der Waals surface area contributed by atoms with Crippen molar-refractivity contribution in [1.82, 2.24) is 0 Å². The van der Waals surface area contributed by atoms with E-state index in [9.17, 15) is 18.3 Å². The third-order valence-corrected chi connectivity index (χ3v) is 3.46. The van der Waals surface area contributed by atoms with Crippen molar-refractivity contribution >= 4 is 0 Å². The summed E-state index contributed by atoms with van der Waals surface area (Å²) in [5.74, 6) is -0.312. The number of rotatable bonds is 2. The van der Waals surface area contributed by atoms with Crippen LogP contribution in [-0.4, -0.2) is 17.5 Å². The van der Waals surface area contributed by atoms with E-state index in [-0.39, 0.29) is 11.8 Å². The highest BCUT2D eigenvalue weighted by Crippen LogP contribution is 2.38. The second-order valence-electron chi connectivity index (χ2n) is 4.94. The van der Waals surface area contributed by atoms with Crippen LogP contribution in [0, 0.1) is 0 Å². The molecule has 1 aliphatic rings. The molecular formula is C13H16F3NO2. The van der Waals surface area contributed by atoms with Gasteiger partial charge in [-0.2, -0.15) is 0 Å². The standard InChI is InChI=1S/C13H16F3NO2/c14-13(15,16)19-11-3-1-2-9(8-11)12(18)6-4-10(17)5-7-12/h1-3,8,10,18H,4-7,17H2. The summed E-state index contributed by atoms with van der Waals surface area (Å²) in [5.41, 5.74) is 5.10. The van der Waals surface area contributed by atoms with Crippen LogP contribution in [0.25, 0.3) is 0 Å². The van der Waals surface area contributed by atoms with E-state index in [2.05, 4.69) is 4.74 Å². The average Bonchev–Trinajstić information content (AvgIpc) is 2.31. The zero-order valence-electron chi connectivity index (χ0n) is 10.3. The first-order valence-corrected chi connectivity index (χ1v) is 6.13. The van der Waals surface area contributed by atoms with Crippen LogP contribution < -0.4 is 10.5 Å². The Kier molecular flexibility index (Phi) is 3.73. The molecule has 0 aliphatic heterocycles. The van der Waals surface area contributed by atoms with Gasteiger partial charge in [0.2, 0.25) is 0 Å². The number of halogens is 3. The lowest BCUT2D eigenvalue weighted by atomic mass is 9.78. The minimum atomic E-state index is -4.73. The van der Waals surface area contributed by atoms with E-state index < -0.39 is 12.0 Å². The lowest BCUT2D eigenvalue weighted by Crippen LogP contribution is -2.36. The summed E-state index contributed by atoms with van der Waals surface area (Å²) in [7, 11) is 0. The Morgan fingerprint density at radius 1 is 1.26 bits per heavy atom. The second-order valence-corrected chi connectivity index (χ2v) is 4.94. The predicted molar refractivity (Wildman–Crippen MR) is 63.5 cm³/mol. The molecule has 19 heavy (non-hydrogen) atoms. The van der Waals surface area contributed by atoms with E-state index >= 15 is 0 Å². The number of aliphatic hydroxyl groups is 1. The predicted octanol–water partition coefficient (Wildman–Crippen LogP) is 2.67. The zero-order chi connectivity index (χ0) is 14.1. The summed E-state index contributed by atoms with van der Waals surface area (Å²) in [4.78, 5) is 0. The highest BCUT2D eigenvalue weighted by Gasteiger charge is 2.35. The van der Waals surface area contributed by atoms with Gasteiger partial charge in [0.25, 0.3) is 0 Å². The van der Waals surface area contributed by atoms with Crippen LogP contribution in [0.4, 0.5) is 13.2 Å². The molecule has 2 rings (SSSR count). The topological polar surface area (TPSA) is 55.5 Å². The van der Waals surface area contributed by atoms with Crippen molar-refractivity contribution in [2.75, 3.05) is 0 Å². The molecule has 0 unspecified atom stereocenters. The van der Waals surface area contributed by atoms with Crippen LogP contribution in [0.1, 0.15) is 31.2 Å². The van der Waals surface area contributed by atoms with Gasteiger partial charge in [-0.1, -0.05) is 12.1 Å². The number of alkyl halides is 3. The molecule has 1 fully saturated rings. The van der Waals surface area contributed by atoms with Crippen molar-refractivity contribution < 1.29 is 23.0 Å². The van der Waals surface area contributed by atoms with Gasteiger partial charge >= 0.3 is 6.36 Å². The van der Waals surface area contributed by atoms with Gasteiger partial charge in [0.15, 0.2) is 0 Å². The van der Waals surface area contributed by atoms with Crippen molar-refractivity contribution in [3.63, 3.8) is 0 Å². The first-order chi connectivity index (χ1) is 8.78. The molecule has 0 spiro atoms. The van der Waals surface area contributed by atoms with Crippen LogP contribution in [-0.2, 0) is 5.60 Å². The molecule has 1 saturated carbocycles. The Morgan fingerprint density at radius 3 is 2.47 bits per heavy atom. The van der Waals surface area contributed by atoms with Gasteiger partial charge < -0.3 is 15.6 Å². The fraction of sp³-hybridized carbons (Fsp3) is 0.538. The Balaban J connectivity index is 2.18. The fourth-order valence-electron chi connectivity index (χ4n) is 2.39. The third-order valence-electron chi connectivity index (χ3n) is 3.46. The Bertz CT molecular complexity index is 440. The van der Waals surface area contributed by atoms with Gasteiger partial charge in [0.1, 0.15) is 5.75 Å². The fourth-order valence-corrected chi connectivity index (χ4v) is 2.39. The number of benzene rings is 1. The smallest absolute Gasteiger partial charge is 0.406 e. The average molecular weight is 275 g/mol. The van der Waals surface area contributed by atoms with E-state index in [0.29, 0.717) is 31.2 Å². The van der Waals surface area contributed by atoms with Gasteiger partial charge in [-0.3, -0.25) is 0 Å². The molecule has 3 nitrogen and oxygen atoms in total. The summed E-state index contributed by atoms with van der Waals surface area (Å²) in [5, 5.41) is 10.5. The van der Waals surface area contributed by atoms with Crippen LogP contribution in [0.2, 0.25) is 0 Å². The maximum Gasteiger partial charge on any atom is 0.573 e. The maximum absolute atomic E-state index is 12.2. The van der Waals surface area contributed by atoms with Crippen molar-refractivity contribution in [1.29, 1.82) is 0 Å². The highest BCUT2D eigenvalue weighted by atomic mass is 19.4. The Hall–Kier alpha value is -1.27. The van der Waals surface area contributed by atoms with Crippen LogP contribution >= 0.6 is 0 Å². The molecule has 0 radical (unpaired) electrons. The second kappa shape index (κ2) is 5.02. The third kappa shape index (κ3) is 3.61. The monoisotopic (exact) mass is 275 g/mol. The van der Waals surface area contributed by atoms with Crippen molar-refractivity contribution in [3.05, 3.63) is 29.8 Å². The number of hydrogen-bond donors (Lipinski definition) is 2. The molecule has 1 aliphatic carbocycles. The minimum Gasteiger partial charge on any atom is -0.406 e. The molecule has 0 bridgehead atoms. The largest absolute Gasteiger partial charge is 0.573 e. The van der Waals surface area contributed by atoms with E-state index in [0.717, 1.165) is 0 Å². The highest BCUT2D eigenvalue weighted by molar-refractivity contribution is 5.33. The number of nitrogens with two attached hydrogens (primary N) is 1. The van der Waals surface area contributed by atoms with E-state index in [4.69, 9.17) is 5.73 Å². The zero-order valence-corrected chi connectivity index (χ0v) is 10.3. The quantitative estimate of drug-likeness (QED) is 0.872. The van der Waals surface area contributed by atoms with Gasteiger partial charge in [-0.25, -0.2) is 0 Å². The van der Waals surface area contributed by atoms with Crippen molar-refractivity contribution in [2.24, 2.45) is 5.73 Å². The summed E-state index contributed by atoms with van der Waals surface area (Å²) < 4.78 is 40.3. The molecule has 0 amide bonds. The molecule has 1 aromatic rings. The molecule has 0 aromatic heterocycles. The minimum absolute atomic E-state index is 0.0508. The van der Waals surface area contributed by atoms with Gasteiger partial charge in [0.05, 0.1) is 5.60 Å². The molecule has 6 heteroatoms. The van der Waals surface area contributed by atoms with Gasteiger partial charge in [0, 0.05) is 6.04 Å². The molecular weight excluding hydrogens is 259 g/mol. The molecule has 1 aromatic carbocycles. The van der Waals surface area contributed by atoms with Crippen LogP contribution in [0.3, 0.4) is 0 Å². The molecule has 3 N–H and O–H groups in total. The van der Waals surface area contributed by atoms with Crippen molar-refractivity contribution in [2.45, 2.75) is 43.7 Å². The summed E-state index contributed by atoms with van der Waals surface area (Å²) in [6.07, 6.45) is -2.52. The lowest BCUT2D eigenvalue weighted by molar-refractivity contribution is -0.274. The lowest BCUT2D eigenvalue weighted by Gasteiger charge is -2.35. The van der Waals surface area contributed by atoms with Gasteiger partial charge in [-0.15, -0.1) is 13.2 Å². The summed E-state index contributed by atoms with van der Waals surface area (Å²) >= 11 is 0. The number of ether oxygens (including phenoxy) is 1. The van der Waals surface area contributed by atoms with E-state index in [1.54, 1.807) is 6.07 Å². The molecule has 0 saturated heterocycles. The normalized spacial score (nSPS) is 28.2. The summed E-state index contributed by atoms with van der Waals surface area (Å²) in [6.45, 7) is 0. The molecule has 0 atom stereocenters. The summed E-state index contributed by atoms with van der Waals surface area (Å²) in [6, 6.07) is 5.57. The van der Waals surface area contributed by atoms with E-state index in [1.807, 2.05) is 0 Å². The van der Waals surface area contributed by atoms with Crippen LogP contribution in [0.5, 0.6) is 5.75 Å². The van der Waals surface area contributed by atoms with Crippen molar-refractivity contribution in [3.8, 4) is 5.75 Å². The molecule has 106 valence electrons. The SMILES string of the molecule is NC1CCC(O)(c2cccc(OC(F)(F)F)c2)CC1. The molecule has 0 heterocycles. The Labute approximate surface area is 109 Å². The maximum atomic E-state index is 12.2. The van der Waals surface area contributed by atoms with Crippen LogP contribution in [0.15, 0.2) is 24.3 Å². The number of hydrogen-bond acceptors (Lipinski definition) is 3. The Morgan fingerprint density at radius 2 is 1.89 bits per heavy atom.